The van der Waals surface area contributed by atoms with E-state index >= 15 is 0 Å². The van der Waals surface area contributed by atoms with Crippen LogP contribution in [-0.2, 0) is 4.74 Å². The van der Waals surface area contributed by atoms with Gasteiger partial charge in [-0.25, -0.2) is 0 Å². The number of hydrogen-bond acceptors (Lipinski definition) is 4. The number of rotatable bonds is 2. The topological polar surface area (TPSA) is 97.2 Å². The van der Waals surface area contributed by atoms with Crippen molar-refractivity contribution in [2.45, 2.75) is 24.6 Å². The van der Waals surface area contributed by atoms with E-state index in [1.165, 1.54) is 18.3 Å². The van der Waals surface area contributed by atoms with Gasteiger partial charge in [0.2, 0.25) is 5.56 Å². The van der Waals surface area contributed by atoms with Crippen LogP contribution in [-0.4, -0.2) is 35.7 Å². The van der Waals surface area contributed by atoms with Crippen LogP contribution in [0, 0.1) is 5.92 Å². The summed E-state index contributed by atoms with van der Waals surface area (Å²) in [5.74, 6) is 0.131. The Kier molecular flexibility index (Phi) is 2.68. The molecule has 6 heteroatoms. The summed E-state index contributed by atoms with van der Waals surface area (Å²) in [7, 11) is 0. The van der Waals surface area contributed by atoms with Crippen molar-refractivity contribution in [3.05, 3.63) is 34.2 Å². The maximum atomic E-state index is 11.9. The molecular weight excluding hydrogens is 234 g/mol. The van der Waals surface area contributed by atoms with Crippen molar-refractivity contribution < 1.29 is 9.53 Å². The molecule has 2 aliphatic rings. The molecule has 2 heterocycles. The van der Waals surface area contributed by atoms with E-state index in [1.54, 1.807) is 0 Å². The summed E-state index contributed by atoms with van der Waals surface area (Å²) in [6.45, 7) is 0.716. The summed E-state index contributed by atoms with van der Waals surface area (Å²) in [4.78, 5) is 25.3. The van der Waals surface area contributed by atoms with Crippen LogP contribution in [0.15, 0.2) is 23.1 Å². The van der Waals surface area contributed by atoms with Gasteiger partial charge in [0.25, 0.3) is 5.91 Å². The highest BCUT2D eigenvalue weighted by Gasteiger charge is 2.52. The summed E-state index contributed by atoms with van der Waals surface area (Å²) >= 11 is 0. The summed E-state index contributed by atoms with van der Waals surface area (Å²) in [6.07, 6.45) is 2.41. The first-order valence-corrected chi connectivity index (χ1v) is 6.03. The number of hydrogen-bond donors (Lipinski definition) is 3. The Bertz CT molecular complexity index is 507. The van der Waals surface area contributed by atoms with Crippen LogP contribution in [0.25, 0.3) is 0 Å². The number of aromatic amines is 1. The first-order chi connectivity index (χ1) is 8.66. The molecule has 4 atom stereocenters. The van der Waals surface area contributed by atoms with Crippen molar-refractivity contribution in [1.82, 2.24) is 10.3 Å². The molecule has 1 amide bonds. The van der Waals surface area contributed by atoms with Gasteiger partial charge in [0, 0.05) is 30.8 Å². The van der Waals surface area contributed by atoms with Crippen LogP contribution in [0.4, 0.5) is 0 Å². The number of H-pyrrole nitrogens is 1. The molecule has 4 N–H and O–H groups in total. The van der Waals surface area contributed by atoms with Gasteiger partial charge in [0.1, 0.15) is 0 Å². The van der Waals surface area contributed by atoms with E-state index in [2.05, 4.69) is 10.3 Å². The van der Waals surface area contributed by atoms with Crippen molar-refractivity contribution in [3.8, 4) is 0 Å². The molecule has 18 heavy (non-hydrogen) atoms. The van der Waals surface area contributed by atoms with Crippen molar-refractivity contribution in [2.24, 2.45) is 11.7 Å². The molecular formula is C12H15N3O3. The molecule has 1 saturated carbocycles. The van der Waals surface area contributed by atoms with Gasteiger partial charge in [0.05, 0.1) is 17.7 Å². The number of carbonyl (C=O) groups excluding carboxylic acids is 1. The second kappa shape index (κ2) is 4.22. The molecule has 6 nitrogen and oxygen atoms in total. The zero-order valence-corrected chi connectivity index (χ0v) is 9.76. The number of carbonyl (C=O) groups is 1. The van der Waals surface area contributed by atoms with E-state index in [0.29, 0.717) is 18.1 Å². The number of amides is 1. The predicted octanol–water partition coefficient (Wildman–Crippen LogP) is -0.781. The average Bonchev–Trinajstić information content (AvgIpc) is 2.81. The highest BCUT2D eigenvalue weighted by Crippen LogP contribution is 2.37. The van der Waals surface area contributed by atoms with Gasteiger partial charge in [-0.3, -0.25) is 9.59 Å². The van der Waals surface area contributed by atoms with Crippen molar-refractivity contribution in [1.29, 1.82) is 0 Å². The van der Waals surface area contributed by atoms with E-state index in [1.807, 2.05) is 0 Å². The third-order valence-corrected chi connectivity index (χ3v) is 3.79. The first kappa shape index (κ1) is 11.4. The fourth-order valence-electron chi connectivity index (χ4n) is 2.71. The third-order valence-electron chi connectivity index (χ3n) is 3.79. The molecule has 3 rings (SSSR count). The third kappa shape index (κ3) is 1.74. The molecule has 4 unspecified atom stereocenters. The molecule has 0 bridgehead atoms. The van der Waals surface area contributed by atoms with E-state index in [0.717, 1.165) is 6.42 Å². The Morgan fingerprint density at radius 2 is 2.33 bits per heavy atom. The van der Waals surface area contributed by atoms with E-state index in [9.17, 15) is 9.59 Å². The lowest BCUT2D eigenvalue weighted by molar-refractivity contribution is -0.0161. The standard InChI is InChI=1S/C12H15N3O3/c13-9-7-3-4-18-11(7)10(9)15-12(17)6-1-2-8(16)14-5-6/h1-2,5,7,9-11H,3-4,13H2,(H,14,16)(H,15,17). The van der Waals surface area contributed by atoms with Gasteiger partial charge < -0.3 is 20.8 Å². The fourth-order valence-corrected chi connectivity index (χ4v) is 2.71. The quantitative estimate of drug-likeness (QED) is 0.640. The Balaban J connectivity index is 1.68. The molecule has 2 fully saturated rings. The van der Waals surface area contributed by atoms with Gasteiger partial charge >= 0.3 is 0 Å². The van der Waals surface area contributed by atoms with Crippen LogP contribution in [0.2, 0.25) is 0 Å². The van der Waals surface area contributed by atoms with E-state index in [4.69, 9.17) is 10.5 Å². The minimum Gasteiger partial charge on any atom is -0.376 e. The van der Waals surface area contributed by atoms with Crippen LogP contribution in [0.3, 0.4) is 0 Å². The zero-order valence-electron chi connectivity index (χ0n) is 9.76. The molecule has 96 valence electrons. The van der Waals surface area contributed by atoms with E-state index in [-0.39, 0.29) is 29.7 Å². The minimum atomic E-state index is -0.236. The minimum absolute atomic E-state index is 0.0378. The van der Waals surface area contributed by atoms with Crippen LogP contribution >= 0.6 is 0 Å². The maximum Gasteiger partial charge on any atom is 0.253 e. The normalized spacial score (nSPS) is 33.6. The number of nitrogens with one attached hydrogen (secondary N) is 2. The monoisotopic (exact) mass is 249 g/mol. The molecule has 1 saturated heterocycles. The second-order valence-electron chi connectivity index (χ2n) is 4.81. The van der Waals surface area contributed by atoms with E-state index < -0.39 is 0 Å². The maximum absolute atomic E-state index is 11.9. The fraction of sp³-hybridized carbons (Fsp3) is 0.500. The first-order valence-electron chi connectivity index (χ1n) is 6.03. The molecule has 1 aromatic heterocycles. The lowest BCUT2D eigenvalue weighted by Gasteiger charge is -2.45. The number of nitrogens with two attached hydrogens (primary N) is 1. The van der Waals surface area contributed by atoms with Gasteiger partial charge in [0.15, 0.2) is 0 Å². The highest BCUT2D eigenvalue weighted by molar-refractivity contribution is 5.94. The second-order valence-corrected chi connectivity index (χ2v) is 4.81. The van der Waals surface area contributed by atoms with Gasteiger partial charge in [-0.1, -0.05) is 0 Å². The summed E-state index contributed by atoms with van der Waals surface area (Å²) in [6, 6.07) is 2.65. The summed E-state index contributed by atoms with van der Waals surface area (Å²) in [5.41, 5.74) is 6.20. The highest BCUT2D eigenvalue weighted by atomic mass is 16.5. The largest absolute Gasteiger partial charge is 0.376 e. The average molecular weight is 249 g/mol. The number of fused-ring (bicyclic) bond motifs is 1. The van der Waals surface area contributed by atoms with Crippen molar-refractivity contribution in [2.75, 3.05) is 6.61 Å². The van der Waals surface area contributed by atoms with Crippen molar-refractivity contribution >= 4 is 5.91 Å². The smallest absolute Gasteiger partial charge is 0.253 e. The number of ether oxygens (including phenoxy) is 1. The Morgan fingerprint density at radius 3 is 3.06 bits per heavy atom. The number of pyridine rings is 1. The summed E-state index contributed by atoms with van der Waals surface area (Å²) < 4.78 is 5.54. The van der Waals surface area contributed by atoms with Crippen molar-refractivity contribution in [3.63, 3.8) is 0 Å². The zero-order chi connectivity index (χ0) is 12.7. The lowest BCUT2D eigenvalue weighted by atomic mass is 9.72. The Labute approximate surface area is 104 Å². The Hall–Kier alpha value is -1.66. The summed E-state index contributed by atoms with van der Waals surface area (Å²) in [5, 5.41) is 2.86. The predicted molar refractivity (Wildman–Crippen MR) is 64.1 cm³/mol. The molecule has 1 aromatic rings. The molecule has 0 radical (unpaired) electrons. The lowest BCUT2D eigenvalue weighted by Crippen LogP contribution is -2.68. The Morgan fingerprint density at radius 1 is 1.50 bits per heavy atom. The van der Waals surface area contributed by atoms with Crippen LogP contribution in [0.1, 0.15) is 16.8 Å². The van der Waals surface area contributed by atoms with Gasteiger partial charge in [-0.2, -0.15) is 0 Å². The molecule has 1 aliphatic carbocycles. The van der Waals surface area contributed by atoms with Gasteiger partial charge in [-0.15, -0.1) is 0 Å². The molecule has 1 aliphatic heterocycles. The SMILES string of the molecule is NC1C2CCOC2C1NC(=O)c1ccc(=O)[nH]c1. The molecule has 0 aromatic carbocycles. The van der Waals surface area contributed by atoms with Gasteiger partial charge in [-0.05, 0) is 12.5 Å². The number of aromatic nitrogens is 1. The molecule has 0 spiro atoms. The van der Waals surface area contributed by atoms with Crippen LogP contribution in [0.5, 0.6) is 0 Å². The van der Waals surface area contributed by atoms with Crippen LogP contribution < -0.4 is 16.6 Å².